The van der Waals surface area contributed by atoms with Crippen LogP contribution in [0, 0.1) is 90.2 Å². The summed E-state index contributed by atoms with van der Waals surface area (Å²) in [6.45, 7) is 41.0. The third kappa shape index (κ3) is 34.8. The van der Waals surface area contributed by atoms with E-state index in [1.807, 2.05) is 135 Å². The molecule has 0 N–H and O–H groups in total. The first-order chi connectivity index (χ1) is 68.5. The second-order valence-corrected chi connectivity index (χ2v) is 58.1. The van der Waals surface area contributed by atoms with Crippen LogP contribution in [0.2, 0.25) is 78.6 Å². The molecule has 744 valence electrons. The minimum atomic E-state index is -1.34. The molecule has 15 nitrogen and oxygen atoms in total. The van der Waals surface area contributed by atoms with E-state index in [4.69, 9.17) is 19.9 Å². The van der Waals surface area contributed by atoms with Crippen LogP contribution in [-0.4, -0.2) is 107 Å². The van der Waals surface area contributed by atoms with Crippen molar-refractivity contribution in [1.82, 2.24) is 74.8 Å². The van der Waals surface area contributed by atoms with Gasteiger partial charge in [0.25, 0.3) is 0 Å². The molecule has 9 aromatic carbocycles. The van der Waals surface area contributed by atoms with Gasteiger partial charge >= 0.3 is 0 Å². The van der Waals surface area contributed by atoms with Crippen LogP contribution in [0.15, 0.2) is 385 Å². The van der Waals surface area contributed by atoms with E-state index < -0.39 is 32.3 Å². The van der Waals surface area contributed by atoms with Crippen molar-refractivity contribution in [3.05, 3.63) is 467 Å². The van der Waals surface area contributed by atoms with Gasteiger partial charge in [0.2, 0.25) is 0 Å². The van der Waals surface area contributed by atoms with Crippen LogP contribution in [0.3, 0.4) is 0 Å². The third-order valence-corrected chi connectivity index (χ3v) is 31.5. The smallest absolute Gasteiger partial charge is 0.105 e. The molecule has 0 atom stereocenters. The third-order valence-electron chi connectivity index (χ3n) is 22.9. The molecule has 20 aromatic rings. The van der Waals surface area contributed by atoms with E-state index in [2.05, 4.69) is 404 Å². The molecule has 23 heteroatoms. The average Bonchev–Trinajstić information content (AvgIpc) is 0.802. The van der Waals surface area contributed by atoms with Crippen molar-refractivity contribution in [2.45, 2.75) is 120 Å². The van der Waals surface area contributed by atoms with Crippen molar-refractivity contribution in [2.75, 3.05) is 0 Å². The number of nitrogens with zero attached hydrogens (tertiary/aromatic N) is 15. The molecule has 0 aliphatic rings. The number of aryl methyl sites for hydroxylation is 6. The molecule has 0 aliphatic heterocycles. The minimum Gasteiger partial charge on any atom is -0.360 e. The SMILES string of the molecule is Cc1c[c-]c(-c2ccncn2)c(C)n1.Cc1cc(-c2[c-]ccc(-c3ccccc3)c2)ncc1[Si](C)(C)C.Cc1cc(-c2[c-]ccc(-c3ccccc3)c2)ncc1[Si](C)(C)C.Cc1cc(-c2[c-]ccc(-c3ccccc3)c2)ncc1[Si](C)(C)C.Cc1cc(-c2[c-]ccc(-c3ccccc3)c2)ncc1[Si](C)(C)C.[Ir].[Ir].[Ir].[Ir].[c-]1ccccc1-c1ccncn1.[c-]1cnccc1-c1ccncn1.[c-]1ncccc1-c1ccncn1. The zero-order valence-corrected chi connectivity index (χ0v) is 99.0. The van der Waals surface area contributed by atoms with Crippen LogP contribution in [-0.2, 0) is 80.4 Å². The number of benzene rings is 9. The van der Waals surface area contributed by atoms with Gasteiger partial charge in [0.1, 0.15) is 25.3 Å². The zero-order chi connectivity index (χ0) is 100. The van der Waals surface area contributed by atoms with Gasteiger partial charge < -0.3 is 34.9 Å². The summed E-state index contributed by atoms with van der Waals surface area (Å²) in [5.41, 5.74) is 32.4. The Balaban J connectivity index is 0.000000188. The molecule has 146 heavy (non-hydrogen) atoms. The quantitative estimate of drug-likeness (QED) is 0.0654. The fraction of sp³-hybridized carbons (Fsp3) is 0.146. The summed E-state index contributed by atoms with van der Waals surface area (Å²) in [5.74, 6) is 0. The van der Waals surface area contributed by atoms with Crippen molar-refractivity contribution in [3.63, 3.8) is 0 Å². The van der Waals surface area contributed by atoms with E-state index in [-0.39, 0.29) is 80.4 Å². The maximum absolute atomic E-state index is 4.71. The van der Waals surface area contributed by atoms with E-state index in [9.17, 15) is 0 Å². The Morgan fingerprint density at radius 2 is 0.521 bits per heavy atom. The largest absolute Gasteiger partial charge is 0.360 e. The number of hydrogen-bond donors (Lipinski definition) is 0. The molecule has 11 heterocycles. The molecular formula is C123H117Ir4N15Si4-8. The van der Waals surface area contributed by atoms with E-state index >= 15 is 0 Å². The summed E-state index contributed by atoms with van der Waals surface area (Å²) in [6.07, 6.45) is 29.1. The number of hydrogen-bond acceptors (Lipinski definition) is 15. The summed E-state index contributed by atoms with van der Waals surface area (Å²) in [5, 5.41) is 5.72. The number of pyridine rings is 7. The molecule has 4 radical (unpaired) electrons. The van der Waals surface area contributed by atoms with Gasteiger partial charge in [-0.2, -0.15) is 11.6 Å². The minimum absolute atomic E-state index is 0. The average molecular weight is 2690 g/mol. The maximum atomic E-state index is 4.71. The molecule has 0 aliphatic carbocycles. The van der Waals surface area contributed by atoms with Gasteiger partial charge in [-0.1, -0.05) is 291 Å². The molecule has 0 fully saturated rings. The van der Waals surface area contributed by atoms with Crippen LogP contribution < -0.4 is 20.7 Å². The Bertz CT molecular complexity index is 6500. The predicted molar refractivity (Wildman–Crippen MR) is 595 cm³/mol. The van der Waals surface area contributed by atoms with Gasteiger partial charge in [0.05, 0.1) is 32.3 Å². The Morgan fingerprint density at radius 3 is 0.788 bits per heavy atom. The second kappa shape index (κ2) is 57.1. The standard InChI is InChI=1S/4C21H22NSi.C11H10N3.C10H7N2.2C9H6N3.4Ir/c4*1-16-13-20(22-15-21(16)23(2,3)4)19-12-8-11-18(14-19)17-9-6-5-7-10-17;1-8-3-4-10(9(2)14-8)11-5-6-12-7-13-11;1-2-4-9(5-3-1)10-6-7-11-8-12-10;1-4-10-5-2-8(1)9-3-6-11-7-12-9;1-2-8(6-10-4-1)9-3-5-11-7-12-9;;;;/h4*5-11,13-15H,1-4H3;3,5-7H,1-2H3;1-4,6-8H;1,3-7H;1-5,7H;;;;/q8*-1;;;;. The summed E-state index contributed by atoms with van der Waals surface area (Å²) in [4.78, 5) is 62.7. The summed E-state index contributed by atoms with van der Waals surface area (Å²) in [7, 11) is -5.35. The molecular weight excluding hydrogens is 2570 g/mol. The van der Waals surface area contributed by atoms with Gasteiger partial charge in [-0.15, -0.1) is 219 Å². The first-order valence-corrected chi connectivity index (χ1v) is 61.2. The van der Waals surface area contributed by atoms with E-state index in [1.165, 1.54) is 113 Å². The maximum Gasteiger partial charge on any atom is 0.105 e. The monoisotopic (exact) mass is 2690 g/mol. The molecule has 11 aromatic heterocycles. The molecule has 0 saturated heterocycles. The molecule has 0 unspecified atom stereocenters. The van der Waals surface area contributed by atoms with Crippen molar-refractivity contribution in [3.8, 4) is 135 Å². The van der Waals surface area contributed by atoms with Gasteiger partial charge in [-0.25, -0.2) is 19.9 Å². The number of rotatable bonds is 16. The Labute approximate surface area is 921 Å². The first kappa shape index (κ1) is 116. The van der Waals surface area contributed by atoms with Crippen molar-refractivity contribution in [2.24, 2.45) is 0 Å². The summed E-state index contributed by atoms with van der Waals surface area (Å²) < 4.78 is 0. The Morgan fingerprint density at radius 1 is 0.226 bits per heavy atom. The zero-order valence-electron chi connectivity index (χ0n) is 85.4. The van der Waals surface area contributed by atoms with Crippen LogP contribution in [0.5, 0.6) is 0 Å². The predicted octanol–water partition coefficient (Wildman–Crippen LogP) is 26.8. The molecule has 20 rings (SSSR count). The van der Waals surface area contributed by atoms with Gasteiger partial charge in [0.15, 0.2) is 0 Å². The molecule has 0 saturated carbocycles. The van der Waals surface area contributed by atoms with E-state index in [0.717, 1.165) is 101 Å². The van der Waals surface area contributed by atoms with Crippen LogP contribution >= 0.6 is 0 Å². The summed E-state index contributed by atoms with van der Waals surface area (Å²) in [6, 6.07) is 121. The summed E-state index contributed by atoms with van der Waals surface area (Å²) >= 11 is 0. The van der Waals surface area contributed by atoms with Gasteiger partial charge in [0, 0.05) is 130 Å². The molecule has 0 bridgehead atoms. The Kier molecular flexibility index (Phi) is 45.5. The van der Waals surface area contributed by atoms with Crippen LogP contribution in [0.4, 0.5) is 0 Å². The Hall–Kier alpha value is -13.2. The topological polar surface area (TPSA) is 193 Å². The number of aromatic nitrogens is 15. The van der Waals surface area contributed by atoms with Crippen molar-refractivity contribution < 1.29 is 80.4 Å². The van der Waals surface area contributed by atoms with E-state index in [1.54, 1.807) is 43.4 Å². The van der Waals surface area contributed by atoms with Gasteiger partial charge in [-0.3, -0.25) is 19.9 Å². The van der Waals surface area contributed by atoms with Crippen LogP contribution in [0.1, 0.15) is 33.6 Å². The fourth-order valence-corrected chi connectivity index (χ4v) is 22.7. The normalized spacial score (nSPS) is 10.6. The first-order valence-electron chi connectivity index (χ1n) is 47.2. The van der Waals surface area contributed by atoms with Crippen molar-refractivity contribution in [1.29, 1.82) is 0 Å². The second-order valence-electron chi connectivity index (χ2n) is 37.9. The van der Waals surface area contributed by atoms with Crippen LogP contribution in [0.25, 0.3) is 135 Å². The fourth-order valence-electron chi connectivity index (χ4n) is 15.8. The molecule has 0 amide bonds. The van der Waals surface area contributed by atoms with Gasteiger partial charge in [-0.05, 0) is 146 Å². The van der Waals surface area contributed by atoms with E-state index in [0.29, 0.717) is 0 Å². The van der Waals surface area contributed by atoms with Crippen molar-refractivity contribution >= 4 is 53.0 Å². The molecule has 0 spiro atoms.